The molecule has 0 aliphatic heterocycles. The first-order chi connectivity index (χ1) is 10.5. The Morgan fingerprint density at radius 1 is 1.18 bits per heavy atom. The Morgan fingerprint density at radius 3 is 2.59 bits per heavy atom. The van der Waals surface area contributed by atoms with Gasteiger partial charge in [0.25, 0.3) is 6.43 Å². The van der Waals surface area contributed by atoms with Crippen molar-refractivity contribution >= 4 is 5.65 Å². The molecular weight excluding hydrogens is 286 g/mol. The van der Waals surface area contributed by atoms with Crippen molar-refractivity contribution in [1.29, 1.82) is 0 Å². The second-order valence-electron chi connectivity index (χ2n) is 5.28. The lowest BCUT2D eigenvalue weighted by Gasteiger charge is -2.09. The number of fused-ring (bicyclic) bond motifs is 1. The van der Waals surface area contributed by atoms with Crippen molar-refractivity contribution in [1.82, 2.24) is 14.6 Å². The molecule has 0 amide bonds. The van der Waals surface area contributed by atoms with E-state index in [0.717, 1.165) is 21.2 Å². The van der Waals surface area contributed by atoms with Gasteiger partial charge in [-0.15, -0.1) is 0 Å². The summed E-state index contributed by atoms with van der Waals surface area (Å²) in [5, 5.41) is 3.97. The lowest BCUT2D eigenvalue weighted by molar-refractivity contribution is 0.143. The summed E-state index contributed by atoms with van der Waals surface area (Å²) in [5.41, 5.74) is 10.0. The zero-order valence-corrected chi connectivity index (χ0v) is 12.3. The maximum atomic E-state index is 13.3. The van der Waals surface area contributed by atoms with Gasteiger partial charge in [-0.1, -0.05) is 12.1 Å². The van der Waals surface area contributed by atoms with Crippen LogP contribution in [0.1, 0.15) is 28.8 Å². The van der Waals surface area contributed by atoms with E-state index in [0.29, 0.717) is 16.9 Å². The zero-order chi connectivity index (χ0) is 15.9. The van der Waals surface area contributed by atoms with Crippen LogP contribution in [-0.4, -0.2) is 14.6 Å². The third-order valence-corrected chi connectivity index (χ3v) is 3.82. The number of hydrogen-bond donors (Lipinski definition) is 1. The predicted octanol–water partition coefficient (Wildman–Crippen LogP) is 3.41. The van der Waals surface area contributed by atoms with E-state index in [1.165, 1.54) is 12.3 Å². The van der Waals surface area contributed by atoms with Gasteiger partial charge in [0.15, 0.2) is 5.65 Å². The van der Waals surface area contributed by atoms with Crippen LogP contribution in [0.3, 0.4) is 0 Å². The van der Waals surface area contributed by atoms with Crippen LogP contribution in [0.25, 0.3) is 16.9 Å². The number of aryl methyl sites for hydroxylation is 2. The van der Waals surface area contributed by atoms with Crippen molar-refractivity contribution in [3.05, 3.63) is 52.8 Å². The van der Waals surface area contributed by atoms with Gasteiger partial charge < -0.3 is 5.73 Å². The molecule has 2 N–H and O–H groups in total. The fourth-order valence-corrected chi connectivity index (χ4v) is 2.38. The van der Waals surface area contributed by atoms with Crippen LogP contribution in [0.5, 0.6) is 0 Å². The fourth-order valence-electron chi connectivity index (χ4n) is 2.38. The molecule has 0 spiro atoms. The molecule has 0 fully saturated rings. The van der Waals surface area contributed by atoms with Gasteiger partial charge in [-0.25, -0.2) is 18.3 Å². The number of benzene rings is 1. The van der Waals surface area contributed by atoms with Crippen LogP contribution in [-0.2, 0) is 6.54 Å². The minimum absolute atomic E-state index is 0.182. The number of aromatic nitrogens is 3. The molecule has 6 heteroatoms. The SMILES string of the molecule is Cc1ccc(-c2cc(C(F)F)n3ncc(CN)c3n2)cc1C. The molecule has 3 aromatic rings. The first kappa shape index (κ1) is 14.6. The highest BCUT2D eigenvalue weighted by Gasteiger charge is 2.18. The van der Waals surface area contributed by atoms with Crippen molar-refractivity contribution in [2.24, 2.45) is 5.73 Å². The topological polar surface area (TPSA) is 56.2 Å². The van der Waals surface area contributed by atoms with Crippen LogP contribution in [0.4, 0.5) is 8.78 Å². The summed E-state index contributed by atoms with van der Waals surface area (Å²) in [6, 6.07) is 7.17. The third kappa shape index (κ3) is 2.35. The summed E-state index contributed by atoms with van der Waals surface area (Å²) < 4.78 is 27.8. The van der Waals surface area contributed by atoms with Crippen molar-refractivity contribution < 1.29 is 8.78 Å². The average molecular weight is 302 g/mol. The molecule has 0 saturated carbocycles. The Morgan fingerprint density at radius 2 is 1.95 bits per heavy atom. The van der Waals surface area contributed by atoms with Gasteiger partial charge in [-0.05, 0) is 37.1 Å². The molecule has 0 saturated heterocycles. The minimum atomic E-state index is -2.64. The molecule has 4 nitrogen and oxygen atoms in total. The monoisotopic (exact) mass is 302 g/mol. The van der Waals surface area contributed by atoms with Gasteiger partial charge in [-0.3, -0.25) is 0 Å². The number of rotatable bonds is 3. The predicted molar refractivity (Wildman–Crippen MR) is 80.7 cm³/mol. The van der Waals surface area contributed by atoms with Crippen LogP contribution >= 0.6 is 0 Å². The Kier molecular flexibility index (Phi) is 3.62. The van der Waals surface area contributed by atoms with Crippen LogP contribution in [0.2, 0.25) is 0 Å². The molecule has 3 rings (SSSR count). The Labute approximate surface area is 126 Å². The van der Waals surface area contributed by atoms with Gasteiger partial charge in [0.1, 0.15) is 5.69 Å². The molecule has 0 bridgehead atoms. The largest absolute Gasteiger partial charge is 0.326 e. The molecular formula is C16H16F2N4. The highest BCUT2D eigenvalue weighted by molar-refractivity contribution is 5.65. The maximum absolute atomic E-state index is 13.3. The van der Waals surface area contributed by atoms with E-state index >= 15 is 0 Å². The van der Waals surface area contributed by atoms with E-state index in [1.54, 1.807) is 0 Å². The number of nitrogens with zero attached hydrogens (tertiary/aromatic N) is 3. The second-order valence-corrected chi connectivity index (χ2v) is 5.28. The summed E-state index contributed by atoms with van der Waals surface area (Å²) in [7, 11) is 0. The van der Waals surface area contributed by atoms with E-state index < -0.39 is 6.43 Å². The summed E-state index contributed by atoms with van der Waals surface area (Å²) in [5.74, 6) is 0. The second kappa shape index (κ2) is 5.46. The maximum Gasteiger partial charge on any atom is 0.280 e. The van der Waals surface area contributed by atoms with E-state index in [2.05, 4.69) is 10.1 Å². The molecule has 2 aromatic heterocycles. The Balaban J connectivity index is 2.27. The highest BCUT2D eigenvalue weighted by atomic mass is 19.3. The van der Waals surface area contributed by atoms with Crippen LogP contribution in [0, 0.1) is 13.8 Å². The van der Waals surface area contributed by atoms with Crippen molar-refractivity contribution in [3.8, 4) is 11.3 Å². The van der Waals surface area contributed by atoms with Gasteiger partial charge in [0.05, 0.1) is 11.9 Å². The molecule has 0 aliphatic carbocycles. The lowest BCUT2D eigenvalue weighted by atomic mass is 10.0. The quantitative estimate of drug-likeness (QED) is 0.806. The Hall–Kier alpha value is -2.34. The van der Waals surface area contributed by atoms with Gasteiger partial charge >= 0.3 is 0 Å². The summed E-state index contributed by atoms with van der Waals surface area (Å²) in [4.78, 5) is 4.48. The molecule has 0 unspecified atom stereocenters. The van der Waals surface area contributed by atoms with Gasteiger partial charge in [0.2, 0.25) is 0 Å². The van der Waals surface area contributed by atoms with Crippen LogP contribution < -0.4 is 5.73 Å². The van der Waals surface area contributed by atoms with E-state index in [4.69, 9.17) is 5.73 Å². The number of nitrogens with two attached hydrogens (primary N) is 1. The molecule has 114 valence electrons. The number of halogens is 2. The molecule has 2 heterocycles. The summed E-state index contributed by atoms with van der Waals surface area (Å²) >= 11 is 0. The minimum Gasteiger partial charge on any atom is -0.326 e. The first-order valence-corrected chi connectivity index (χ1v) is 6.94. The normalized spacial score (nSPS) is 11.5. The van der Waals surface area contributed by atoms with Gasteiger partial charge in [0, 0.05) is 17.7 Å². The average Bonchev–Trinajstić information content (AvgIpc) is 2.91. The van der Waals surface area contributed by atoms with E-state index in [1.807, 2.05) is 32.0 Å². The molecule has 0 radical (unpaired) electrons. The zero-order valence-electron chi connectivity index (χ0n) is 12.3. The molecule has 1 aromatic carbocycles. The summed E-state index contributed by atoms with van der Waals surface area (Å²) in [6.07, 6.45) is -1.15. The first-order valence-electron chi connectivity index (χ1n) is 6.94. The van der Waals surface area contributed by atoms with E-state index in [9.17, 15) is 8.78 Å². The summed E-state index contributed by atoms with van der Waals surface area (Å²) in [6.45, 7) is 4.19. The van der Waals surface area contributed by atoms with Crippen molar-refractivity contribution in [2.75, 3.05) is 0 Å². The molecule has 22 heavy (non-hydrogen) atoms. The Bertz CT molecular complexity index is 840. The standard InChI is InChI=1S/C16H16F2N4/c1-9-3-4-11(5-10(9)2)13-6-14(15(17)18)22-16(21-13)12(7-19)8-20-22/h3-6,8,15H,7,19H2,1-2H3. The van der Waals surface area contributed by atoms with E-state index in [-0.39, 0.29) is 12.2 Å². The smallest absolute Gasteiger partial charge is 0.280 e. The van der Waals surface area contributed by atoms with Crippen molar-refractivity contribution in [3.63, 3.8) is 0 Å². The van der Waals surface area contributed by atoms with Gasteiger partial charge in [-0.2, -0.15) is 5.10 Å². The lowest BCUT2D eigenvalue weighted by Crippen LogP contribution is -2.04. The van der Waals surface area contributed by atoms with Crippen molar-refractivity contribution in [2.45, 2.75) is 26.8 Å². The third-order valence-electron chi connectivity index (χ3n) is 3.82. The molecule has 0 aliphatic rings. The number of hydrogen-bond acceptors (Lipinski definition) is 3. The molecule has 0 atom stereocenters. The highest BCUT2D eigenvalue weighted by Crippen LogP contribution is 2.27. The van der Waals surface area contributed by atoms with Crippen LogP contribution in [0.15, 0.2) is 30.5 Å². The fraction of sp³-hybridized carbons (Fsp3) is 0.250. The number of alkyl halides is 2.